The van der Waals surface area contributed by atoms with Crippen LogP contribution in [0.2, 0.25) is 0 Å². The molecule has 1 unspecified atom stereocenters. The highest BCUT2D eigenvalue weighted by Gasteiger charge is 2.42. The van der Waals surface area contributed by atoms with Crippen LogP contribution in [0.5, 0.6) is 11.5 Å². The Morgan fingerprint density at radius 3 is 2.38 bits per heavy atom. The lowest BCUT2D eigenvalue weighted by Crippen LogP contribution is -2.44. The van der Waals surface area contributed by atoms with E-state index in [1.807, 2.05) is 18.2 Å². The predicted molar refractivity (Wildman–Crippen MR) is 144 cm³/mol. The van der Waals surface area contributed by atoms with Gasteiger partial charge in [-0.3, -0.25) is 4.79 Å². The highest BCUT2D eigenvalue weighted by atomic mass is 16.5. The van der Waals surface area contributed by atoms with Crippen molar-refractivity contribution in [2.75, 3.05) is 19.8 Å². The number of hydrogen-bond donors (Lipinski definition) is 1. The van der Waals surface area contributed by atoms with Crippen molar-refractivity contribution in [2.45, 2.75) is 47.1 Å². The van der Waals surface area contributed by atoms with Crippen LogP contribution < -0.4 is 9.47 Å². The quantitative estimate of drug-likeness (QED) is 0.343. The van der Waals surface area contributed by atoms with Crippen molar-refractivity contribution >= 4 is 5.97 Å². The molecular weight excluding hydrogens is 464 g/mol. The van der Waals surface area contributed by atoms with E-state index in [4.69, 9.17) is 14.2 Å². The van der Waals surface area contributed by atoms with Gasteiger partial charge in [-0.2, -0.15) is 0 Å². The largest absolute Gasteiger partial charge is 0.493 e. The summed E-state index contributed by atoms with van der Waals surface area (Å²) in [5.74, 6) is 1.09. The number of hydrogen-bond acceptors (Lipinski definition) is 4. The number of aliphatic carboxylic acids is 1. The highest BCUT2D eigenvalue weighted by Crippen LogP contribution is 2.41. The maximum Gasteiger partial charge on any atom is 0.306 e. The maximum atomic E-state index is 11.2. The number of carbonyl (C=O) groups is 1. The van der Waals surface area contributed by atoms with Crippen LogP contribution in [0.25, 0.3) is 11.1 Å². The van der Waals surface area contributed by atoms with Crippen LogP contribution in [0.15, 0.2) is 54.6 Å². The number of carboxylic acid groups (broad SMARTS) is 1. The van der Waals surface area contributed by atoms with E-state index in [0.717, 1.165) is 48.7 Å². The van der Waals surface area contributed by atoms with Gasteiger partial charge in [-0.25, -0.2) is 0 Å². The molecule has 0 radical (unpaired) electrons. The van der Waals surface area contributed by atoms with Crippen LogP contribution >= 0.6 is 0 Å². The van der Waals surface area contributed by atoms with E-state index in [1.165, 1.54) is 27.8 Å². The predicted octanol–water partition coefficient (Wildman–Crippen LogP) is 6.54. The Hall–Kier alpha value is -3.31. The Morgan fingerprint density at radius 2 is 1.73 bits per heavy atom. The molecule has 194 valence electrons. The first-order chi connectivity index (χ1) is 17.7. The normalized spacial score (nSPS) is 19.7. The molecular formula is C32H36O5. The van der Waals surface area contributed by atoms with E-state index < -0.39 is 5.97 Å². The van der Waals surface area contributed by atoms with Crippen molar-refractivity contribution in [3.8, 4) is 22.6 Å². The summed E-state index contributed by atoms with van der Waals surface area (Å²) < 4.78 is 17.7. The van der Waals surface area contributed by atoms with Gasteiger partial charge in [0.25, 0.3) is 0 Å². The third kappa shape index (κ3) is 5.67. The molecule has 0 bridgehead atoms. The average molecular weight is 501 g/mol. The number of rotatable bonds is 10. The number of ether oxygens (including phenoxy) is 3. The minimum Gasteiger partial charge on any atom is -0.493 e. The van der Waals surface area contributed by atoms with Crippen molar-refractivity contribution in [3.05, 3.63) is 82.4 Å². The number of carboxylic acids is 1. The summed E-state index contributed by atoms with van der Waals surface area (Å²) in [5, 5.41) is 9.17. The zero-order valence-corrected chi connectivity index (χ0v) is 22.2. The number of benzene rings is 3. The van der Waals surface area contributed by atoms with Crippen molar-refractivity contribution in [3.63, 3.8) is 0 Å². The Labute approximate surface area is 219 Å². The van der Waals surface area contributed by atoms with Crippen molar-refractivity contribution < 1.29 is 24.1 Å². The standard InChI is InChI=1S/C32H36O5/c1-20-11-27(37-19-32(4)17-35-18-32)12-21(2)30(20)28-10-6-8-24(22(28)3)16-36-26-9-5-7-23(14-26)13-25-15-29(25)31(33)34/h5-12,14,25,29H,13,15-19H2,1-4H3,(H,33,34)/t25-,29?/m1/s1. The lowest BCUT2D eigenvalue weighted by Gasteiger charge is -2.37. The van der Waals surface area contributed by atoms with E-state index in [-0.39, 0.29) is 17.3 Å². The average Bonchev–Trinajstić information content (AvgIpc) is 3.61. The topological polar surface area (TPSA) is 65.0 Å². The summed E-state index contributed by atoms with van der Waals surface area (Å²) in [5.41, 5.74) is 8.44. The van der Waals surface area contributed by atoms with E-state index in [9.17, 15) is 9.90 Å². The molecule has 1 N–H and O–H groups in total. The van der Waals surface area contributed by atoms with Gasteiger partial charge in [0.05, 0.1) is 25.7 Å². The Bertz CT molecular complexity index is 1280. The fraction of sp³-hybridized carbons (Fsp3) is 0.406. The van der Waals surface area contributed by atoms with E-state index in [1.54, 1.807) is 0 Å². The van der Waals surface area contributed by atoms with Gasteiger partial charge in [0.2, 0.25) is 0 Å². The summed E-state index contributed by atoms with van der Waals surface area (Å²) in [6.07, 6.45) is 1.56. The molecule has 5 nitrogen and oxygen atoms in total. The molecule has 3 aromatic rings. The molecule has 2 fully saturated rings. The summed E-state index contributed by atoms with van der Waals surface area (Å²) in [6, 6.07) is 18.7. The Morgan fingerprint density at radius 1 is 1.00 bits per heavy atom. The molecule has 2 aliphatic rings. The fourth-order valence-corrected chi connectivity index (χ4v) is 5.34. The summed E-state index contributed by atoms with van der Waals surface area (Å²) in [6.45, 7) is 11.3. The molecule has 1 aliphatic heterocycles. The zero-order valence-electron chi connectivity index (χ0n) is 22.2. The monoisotopic (exact) mass is 500 g/mol. The maximum absolute atomic E-state index is 11.2. The first kappa shape index (κ1) is 25.3. The van der Waals surface area contributed by atoms with Gasteiger partial charge in [0.1, 0.15) is 18.1 Å². The van der Waals surface area contributed by atoms with Crippen LogP contribution in [0.4, 0.5) is 0 Å². The molecule has 0 aromatic heterocycles. The van der Waals surface area contributed by atoms with Gasteiger partial charge >= 0.3 is 5.97 Å². The molecule has 1 aliphatic carbocycles. The Kier molecular flexibility index (Phi) is 7.00. The van der Waals surface area contributed by atoms with Gasteiger partial charge < -0.3 is 19.3 Å². The first-order valence-corrected chi connectivity index (χ1v) is 13.1. The van der Waals surface area contributed by atoms with Gasteiger partial charge in [-0.05, 0) is 103 Å². The Balaban J connectivity index is 1.28. The lowest BCUT2D eigenvalue weighted by molar-refractivity contribution is -0.138. The fourth-order valence-electron chi connectivity index (χ4n) is 5.34. The molecule has 1 saturated heterocycles. The van der Waals surface area contributed by atoms with Gasteiger partial charge in [0.15, 0.2) is 0 Å². The third-order valence-corrected chi connectivity index (χ3v) is 7.74. The molecule has 0 amide bonds. The molecule has 0 spiro atoms. The summed E-state index contributed by atoms with van der Waals surface area (Å²) >= 11 is 0. The summed E-state index contributed by atoms with van der Waals surface area (Å²) in [4.78, 5) is 11.2. The molecule has 37 heavy (non-hydrogen) atoms. The smallest absolute Gasteiger partial charge is 0.306 e. The molecule has 3 aromatic carbocycles. The van der Waals surface area contributed by atoms with Crippen LogP contribution in [0, 0.1) is 38.0 Å². The minimum atomic E-state index is -0.682. The summed E-state index contributed by atoms with van der Waals surface area (Å²) in [7, 11) is 0. The molecule has 5 heteroatoms. The van der Waals surface area contributed by atoms with E-state index in [0.29, 0.717) is 13.2 Å². The third-order valence-electron chi connectivity index (χ3n) is 7.74. The van der Waals surface area contributed by atoms with Crippen molar-refractivity contribution in [1.29, 1.82) is 0 Å². The van der Waals surface area contributed by atoms with Crippen LogP contribution in [0.1, 0.15) is 41.2 Å². The highest BCUT2D eigenvalue weighted by molar-refractivity contribution is 5.75. The SMILES string of the molecule is Cc1cc(OCC2(C)COC2)cc(C)c1-c1cccc(COc2cccc(C[C@@H]3CC3C(=O)O)c2)c1C. The van der Waals surface area contributed by atoms with Crippen LogP contribution in [0.3, 0.4) is 0 Å². The van der Waals surface area contributed by atoms with Gasteiger partial charge in [0, 0.05) is 5.41 Å². The van der Waals surface area contributed by atoms with E-state index in [2.05, 4.69) is 64.1 Å². The molecule has 1 heterocycles. The van der Waals surface area contributed by atoms with Gasteiger partial charge in [-0.15, -0.1) is 0 Å². The molecule has 5 rings (SSSR count). The second kappa shape index (κ2) is 10.2. The van der Waals surface area contributed by atoms with E-state index >= 15 is 0 Å². The zero-order chi connectivity index (χ0) is 26.2. The first-order valence-electron chi connectivity index (χ1n) is 13.1. The van der Waals surface area contributed by atoms with Crippen LogP contribution in [-0.2, 0) is 22.6 Å². The van der Waals surface area contributed by atoms with Crippen LogP contribution in [-0.4, -0.2) is 30.9 Å². The number of aryl methyl sites for hydroxylation is 2. The van der Waals surface area contributed by atoms with Crippen molar-refractivity contribution in [2.24, 2.45) is 17.3 Å². The minimum absolute atomic E-state index is 0.115. The lowest BCUT2D eigenvalue weighted by atomic mass is 9.89. The van der Waals surface area contributed by atoms with Crippen molar-refractivity contribution in [1.82, 2.24) is 0 Å². The second-order valence-corrected chi connectivity index (χ2v) is 11.2. The van der Waals surface area contributed by atoms with Gasteiger partial charge in [-0.1, -0.05) is 37.3 Å². The molecule has 2 atom stereocenters. The second-order valence-electron chi connectivity index (χ2n) is 11.2. The molecule has 1 saturated carbocycles.